The highest BCUT2D eigenvalue weighted by Crippen LogP contribution is 2.17. The summed E-state index contributed by atoms with van der Waals surface area (Å²) in [6.45, 7) is 7.31. The van der Waals surface area contributed by atoms with Crippen molar-refractivity contribution in [2.24, 2.45) is 0 Å². The number of nitrogens with one attached hydrogen (secondary N) is 1. The molecule has 5 heteroatoms. The van der Waals surface area contributed by atoms with E-state index < -0.39 is 6.10 Å². The maximum Gasteiger partial charge on any atom is 0.263 e. The Balaban J connectivity index is 2.62. The number of carbonyl (C=O) groups excluding carboxylic acids is 1. The molecule has 0 saturated heterocycles. The fourth-order valence-corrected chi connectivity index (χ4v) is 2.42. The molecule has 0 bridgehead atoms. The van der Waals surface area contributed by atoms with Crippen LogP contribution in [0.4, 0.5) is 0 Å². The summed E-state index contributed by atoms with van der Waals surface area (Å²) < 4.78 is 0. The predicted octanol–water partition coefficient (Wildman–Crippen LogP) is 1.65. The van der Waals surface area contributed by atoms with Crippen molar-refractivity contribution in [1.29, 1.82) is 0 Å². The molecule has 0 spiro atoms. The van der Waals surface area contributed by atoms with Crippen molar-refractivity contribution < 1.29 is 9.90 Å². The molecule has 0 aliphatic heterocycles. The van der Waals surface area contributed by atoms with Crippen LogP contribution < -0.4 is 5.32 Å². The van der Waals surface area contributed by atoms with Crippen LogP contribution in [0, 0.1) is 13.8 Å². The first-order valence-corrected chi connectivity index (χ1v) is 6.14. The first kappa shape index (κ1) is 13.1. The van der Waals surface area contributed by atoms with Crippen LogP contribution in [0.1, 0.15) is 40.6 Å². The van der Waals surface area contributed by atoms with E-state index in [1.807, 2.05) is 20.8 Å². The summed E-state index contributed by atoms with van der Waals surface area (Å²) in [6.07, 6.45) is 0.155. The molecule has 1 amide bonds. The molecule has 1 aromatic heterocycles. The predicted molar refractivity (Wildman–Crippen MR) is 64.8 cm³/mol. The van der Waals surface area contributed by atoms with Gasteiger partial charge in [-0.2, -0.15) is 0 Å². The summed E-state index contributed by atoms with van der Waals surface area (Å²) in [4.78, 5) is 16.7. The average Bonchev–Trinajstić information content (AvgIpc) is 2.43. The van der Waals surface area contributed by atoms with Gasteiger partial charge in [-0.3, -0.25) is 4.79 Å². The molecule has 0 fully saturated rings. The van der Waals surface area contributed by atoms with E-state index in [0.29, 0.717) is 11.3 Å². The van der Waals surface area contributed by atoms with Gasteiger partial charge in [0.1, 0.15) is 4.88 Å². The molecule has 1 aromatic rings. The van der Waals surface area contributed by atoms with Crippen molar-refractivity contribution in [1.82, 2.24) is 10.3 Å². The topological polar surface area (TPSA) is 62.2 Å². The Kier molecular flexibility index (Phi) is 4.44. The minimum atomic E-state index is -0.403. The van der Waals surface area contributed by atoms with E-state index in [9.17, 15) is 9.90 Å². The number of aliphatic hydroxyl groups excluding tert-OH is 1. The van der Waals surface area contributed by atoms with Crippen molar-refractivity contribution in [3.05, 3.63) is 15.6 Å². The Hall–Kier alpha value is -0.940. The minimum absolute atomic E-state index is 0.0330. The second kappa shape index (κ2) is 5.41. The van der Waals surface area contributed by atoms with E-state index >= 15 is 0 Å². The molecular formula is C11H18N2O2S. The van der Waals surface area contributed by atoms with Crippen LogP contribution in [0.5, 0.6) is 0 Å². The van der Waals surface area contributed by atoms with Gasteiger partial charge >= 0.3 is 0 Å². The average molecular weight is 242 g/mol. The summed E-state index contributed by atoms with van der Waals surface area (Å²) in [7, 11) is 0. The van der Waals surface area contributed by atoms with Crippen molar-refractivity contribution in [3.63, 3.8) is 0 Å². The lowest BCUT2D eigenvalue weighted by atomic mass is 10.1. The second-order valence-electron chi connectivity index (χ2n) is 4.11. The summed E-state index contributed by atoms with van der Waals surface area (Å²) >= 11 is 1.40. The molecule has 4 nitrogen and oxygen atoms in total. The second-order valence-corrected chi connectivity index (χ2v) is 5.31. The van der Waals surface area contributed by atoms with Gasteiger partial charge in [0.2, 0.25) is 0 Å². The summed E-state index contributed by atoms with van der Waals surface area (Å²) in [5.74, 6) is -0.101. The summed E-state index contributed by atoms with van der Waals surface area (Å²) in [5.41, 5.74) is 0.768. The van der Waals surface area contributed by atoms with Crippen molar-refractivity contribution in [2.75, 3.05) is 0 Å². The molecule has 0 radical (unpaired) electrons. The third kappa shape index (κ3) is 3.57. The lowest BCUT2D eigenvalue weighted by Crippen LogP contribution is -2.34. The van der Waals surface area contributed by atoms with Gasteiger partial charge < -0.3 is 10.4 Å². The van der Waals surface area contributed by atoms with Crippen LogP contribution in [0.3, 0.4) is 0 Å². The van der Waals surface area contributed by atoms with Gasteiger partial charge in [-0.05, 0) is 34.1 Å². The van der Waals surface area contributed by atoms with Gasteiger partial charge in [0.25, 0.3) is 5.91 Å². The van der Waals surface area contributed by atoms with Gasteiger partial charge in [0.15, 0.2) is 0 Å². The number of aryl methyl sites for hydroxylation is 2. The highest BCUT2D eigenvalue weighted by atomic mass is 32.1. The largest absolute Gasteiger partial charge is 0.393 e. The molecule has 2 atom stereocenters. The van der Waals surface area contributed by atoms with E-state index in [1.54, 1.807) is 6.92 Å². The van der Waals surface area contributed by atoms with E-state index in [2.05, 4.69) is 10.3 Å². The zero-order valence-electron chi connectivity index (χ0n) is 10.1. The number of aromatic nitrogens is 1. The third-order valence-corrected chi connectivity index (χ3v) is 3.25. The smallest absolute Gasteiger partial charge is 0.263 e. The Labute approximate surface area is 99.7 Å². The Morgan fingerprint density at radius 3 is 2.56 bits per heavy atom. The van der Waals surface area contributed by atoms with Crippen LogP contribution >= 0.6 is 11.3 Å². The molecule has 1 rings (SSSR count). The van der Waals surface area contributed by atoms with E-state index in [4.69, 9.17) is 0 Å². The van der Waals surface area contributed by atoms with Gasteiger partial charge in [0, 0.05) is 6.04 Å². The molecule has 16 heavy (non-hydrogen) atoms. The molecule has 0 aliphatic rings. The Morgan fingerprint density at radius 1 is 1.50 bits per heavy atom. The maximum absolute atomic E-state index is 11.8. The molecule has 0 saturated carbocycles. The third-order valence-electron chi connectivity index (χ3n) is 2.18. The van der Waals surface area contributed by atoms with Crippen LogP contribution in [0.25, 0.3) is 0 Å². The van der Waals surface area contributed by atoms with E-state index in [0.717, 1.165) is 10.7 Å². The van der Waals surface area contributed by atoms with Gasteiger partial charge in [0.05, 0.1) is 16.8 Å². The lowest BCUT2D eigenvalue weighted by molar-refractivity contribution is 0.0926. The zero-order chi connectivity index (χ0) is 12.3. The van der Waals surface area contributed by atoms with Gasteiger partial charge in [-0.1, -0.05) is 0 Å². The number of carbonyl (C=O) groups is 1. The maximum atomic E-state index is 11.8. The molecule has 2 unspecified atom stereocenters. The molecular weight excluding hydrogens is 224 g/mol. The molecule has 0 aliphatic carbocycles. The molecule has 0 aromatic carbocycles. The summed E-state index contributed by atoms with van der Waals surface area (Å²) in [6, 6.07) is -0.0330. The monoisotopic (exact) mass is 242 g/mol. The SMILES string of the molecule is Cc1nc(C)c(C(=O)NC(C)CC(C)O)s1. The minimum Gasteiger partial charge on any atom is -0.393 e. The number of hydrogen-bond acceptors (Lipinski definition) is 4. The van der Waals surface area contributed by atoms with Crippen LogP contribution in [0.15, 0.2) is 0 Å². The Morgan fingerprint density at radius 2 is 2.12 bits per heavy atom. The standard InChI is InChI=1S/C11H18N2O2S/c1-6(5-7(2)14)12-11(15)10-8(3)13-9(4)16-10/h6-7,14H,5H2,1-4H3,(H,12,15). The normalized spacial score (nSPS) is 14.6. The fraction of sp³-hybridized carbons (Fsp3) is 0.636. The number of thiazole rings is 1. The van der Waals surface area contributed by atoms with E-state index in [1.165, 1.54) is 11.3 Å². The zero-order valence-corrected chi connectivity index (χ0v) is 10.9. The first-order chi connectivity index (χ1) is 7.40. The Bertz CT molecular complexity index is 374. The van der Waals surface area contributed by atoms with Crippen LogP contribution in [-0.4, -0.2) is 28.1 Å². The number of nitrogens with zero attached hydrogens (tertiary/aromatic N) is 1. The van der Waals surface area contributed by atoms with Crippen LogP contribution in [-0.2, 0) is 0 Å². The van der Waals surface area contributed by atoms with Crippen molar-refractivity contribution in [2.45, 2.75) is 46.3 Å². The fourth-order valence-electron chi connectivity index (χ4n) is 1.60. The van der Waals surface area contributed by atoms with E-state index in [-0.39, 0.29) is 11.9 Å². The van der Waals surface area contributed by atoms with Gasteiger partial charge in [-0.25, -0.2) is 4.98 Å². The highest BCUT2D eigenvalue weighted by molar-refractivity contribution is 7.13. The quantitative estimate of drug-likeness (QED) is 0.844. The molecule has 90 valence electrons. The number of amides is 1. The number of aliphatic hydroxyl groups is 1. The number of rotatable bonds is 4. The van der Waals surface area contributed by atoms with Crippen molar-refractivity contribution in [3.8, 4) is 0 Å². The number of hydrogen-bond donors (Lipinski definition) is 2. The van der Waals surface area contributed by atoms with Crippen LogP contribution in [0.2, 0.25) is 0 Å². The summed E-state index contributed by atoms with van der Waals surface area (Å²) in [5, 5.41) is 13.0. The highest BCUT2D eigenvalue weighted by Gasteiger charge is 2.16. The van der Waals surface area contributed by atoms with Crippen molar-refractivity contribution >= 4 is 17.2 Å². The molecule has 1 heterocycles. The van der Waals surface area contributed by atoms with Gasteiger partial charge in [-0.15, -0.1) is 11.3 Å². The molecule has 2 N–H and O–H groups in total. The lowest BCUT2D eigenvalue weighted by Gasteiger charge is -2.14. The first-order valence-electron chi connectivity index (χ1n) is 5.33.